The van der Waals surface area contributed by atoms with E-state index in [1.165, 1.54) is 24.3 Å². The molecule has 31 heavy (non-hydrogen) atoms. The molecule has 1 aliphatic heterocycles. The number of para-hydroxylation sites is 1. The van der Waals surface area contributed by atoms with Crippen LogP contribution in [0.4, 0.5) is 21.5 Å². The second kappa shape index (κ2) is 9.43. The summed E-state index contributed by atoms with van der Waals surface area (Å²) >= 11 is 0. The van der Waals surface area contributed by atoms with Crippen LogP contribution in [0, 0.1) is 11.7 Å². The summed E-state index contributed by atoms with van der Waals surface area (Å²) in [6.07, 6.45) is 1.21. The number of amides is 2. The minimum atomic E-state index is -0.365. The Morgan fingerprint density at radius 2 is 1.35 bits per heavy atom. The molecule has 0 aliphatic carbocycles. The molecule has 0 bridgehead atoms. The standard InChI is InChI=1S/C25H24FN3O2/c26-20-8-6-19(7-9-20)25(31)29-16-14-18(15-17-29)24(30)28-23-12-10-22(11-13-23)27-21-4-2-1-3-5-21/h1-13,18,27H,14-17H2,(H,28,30). The highest BCUT2D eigenvalue weighted by atomic mass is 19.1. The third-order valence-corrected chi connectivity index (χ3v) is 5.46. The Morgan fingerprint density at radius 3 is 2.00 bits per heavy atom. The van der Waals surface area contributed by atoms with Crippen LogP contribution in [0.1, 0.15) is 23.2 Å². The van der Waals surface area contributed by atoms with Gasteiger partial charge < -0.3 is 15.5 Å². The topological polar surface area (TPSA) is 61.4 Å². The number of anilines is 3. The minimum absolute atomic E-state index is 0.0300. The Hall–Kier alpha value is -3.67. The van der Waals surface area contributed by atoms with Gasteiger partial charge in [0, 0.05) is 41.6 Å². The van der Waals surface area contributed by atoms with E-state index in [-0.39, 0.29) is 23.5 Å². The van der Waals surface area contributed by atoms with Gasteiger partial charge >= 0.3 is 0 Å². The van der Waals surface area contributed by atoms with Gasteiger partial charge in [0.25, 0.3) is 5.91 Å². The fraction of sp³-hybridized carbons (Fsp3) is 0.200. The largest absolute Gasteiger partial charge is 0.356 e. The zero-order chi connectivity index (χ0) is 21.6. The maximum atomic E-state index is 13.1. The smallest absolute Gasteiger partial charge is 0.253 e. The summed E-state index contributed by atoms with van der Waals surface area (Å²) in [5, 5.41) is 6.28. The van der Waals surface area contributed by atoms with Crippen molar-refractivity contribution < 1.29 is 14.0 Å². The van der Waals surface area contributed by atoms with Crippen LogP contribution in [0.3, 0.4) is 0 Å². The van der Waals surface area contributed by atoms with Gasteiger partial charge in [-0.25, -0.2) is 4.39 Å². The summed E-state index contributed by atoms with van der Waals surface area (Å²) in [5.41, 5.74) is 3.15. The normalized spacial score (nSPS) is 14.2. The molecule has 1 heterocycles. The molecule has 0 atom stereocenters. The van der Waals surface area contributed by atoms with Crippen LogP contribution >= 0.6 is 0 Å². The Balaban J connectivity index is 1.28. The molecule has 3 aromatic rings. The quantitative estimate of drug-likeness (QED) is 0.610. The Morgan fingerprint density at radius 1 is 0.774 bits per heavy atom. The maximum Gasteiger partial charge on any atom is 0.253 e. The van der Waals surface area contributed by atoms with E-state index in [0.717, 1.165) is 17.1 Å². The Bertz CT molecular complexity index is 1030. The fourth-order valence-electron chi connectivity index (χ4n) is 3.69. The number of hydrogen-bond donors (Lipinski definition) is 2. The van der Waals surface area contributed by atoms with Crippen LogP contribution in [-0.2, 0) is 4.79 Å². The Kier molecular flexibility index (Phi) is 6.26. The van der Waals surface area contributed by atoms with Gasteiger partial charge in [-0.1, -0.05) is 18.2 Å². The molecule has 4 rings (SSSR count). The first kappa shape index (κ1) is 20.6. The maximum absolute atomic E-state index is 13.1. The average Bonchev–Trinajstić information content (AvgIpc) is 2.81. The highest BCUT2D eigenvalue weighted by molar-refractivity contribution is 5.95. The first-order chi connectivity index (χ1) is 15.1. The predicted octanol–water partition coefficient (Wildman–Crippen LogP) is 5.06. The molecule has 1 saturated heterocycles. The van der Waals surface area contributed by atoms with E-state index in [0.29, 0.717) is 31.5 Å². The molecule has 0 radical (unpaired) electrons. The highest BCUT2D eigenvalue weighted by Gasteiger charge is 2.27. The van der Waals surface area contributed by atoms with Crippen molar-refractivity contribution in [3.05, 3.63) is 90.2 Å². The van der Waals surface area contributed by atoms with Crippen molar-refractivity contribution in [3.63, 3.8) is 0 Å². The van der Waals surface area contributed by atoms with E-state index < -0.39 is 0 Å². The second-order valence-corrected chi connectivity index (χ2v) is 7.63. The zero-order valence-corrected chi connectivity index (χ0v) is 17.1. The summed E-state index contributed by atoms with van der Waals surface area (Å²) < 4.78 is 13.1. The molecule has 0 spiro atoms. The Labute approximate surface area is 180 Å². The van der Waals surface area contributed by atoms with E-state index >= 15 is 0 Å². The van der Waals surface area contributed by atoms with Crippen molar-refractivity contribution in [1.82, 2.24) is 4.90 Å². The number of benzene rings is 3. The van der Waals surface area contributed by atoms with Crippen molar-refractivity contribution in [2.75, 3.05) is 23.7 Å². The third kappa shape index (κ3) is 5.28. The first-order valence-corrected chi connectivity index (χ1v) is 10.4. The summed E-state index contributed by atoms with van der Waals surface area (Å²) in [5.74, 6) is -0.659. The summed E-state index contributed by atoms with van der Waals surface area (Å²) in [7, 11) is 0. The number of likely N-dealkylation sites (tertiary alicyclic amines) is 1. The molecule has 0 aromatic heterocycles. The third-order valence-electron chi connectivity index (χ3n) is 5.46. The summed E-state index contributed by atoms with van der Waals surface area (Å²) in [4.78, 5) is 26.9. The van der Waals surface area contributed by atoms with Gasteiger partial charge in [-0.15, -0.1) is 0 Å². The number of halogens is 1. The SMILES string of the molecule is O=C(Nc1ccc(Nc2ccccc2)cc1)C1CCN(C(=O)c2ccc(F)cc2)CC1. The monoisotopic (exact) mass is 417 g/mol. The molecule has 1 fully saturated rings. The lowest BCUT2D eigenvalue weighted by atomic mass is 9.95. The molecule has 2 amide bonds. The van der Waals surface area contributed by atoms with Gasteiger partial charge in [-0.3, -0.25) is 9.59 Å². The minimum Gasteiger partial charge on any atom is -0.356 e. The summed E-state index contributed by atoms with van der Waals surface area (Å²) in [6, 6.07) is 23.0. The first-order valence-electron chi connectivity index (χ1n) is 10.4. The molecular formula is C25H24FN3O2. The van der Waals surface area contributed by atoms with Crippen LogP contribution in [0.15, 0.2) is 78.9 Å². The number of rotatable bonds is 5. The van der Waals surface area contributed by atoms with Crippen LogP contribution in [0.2, 0.25) is 0 Å². The number of carbonyl (C=O) groups excluding carboxylic acids is 2. The van der Waals surface area contributed by atoms with Crippen molar-refractivity contribution in [2.24, 2.45) is 5.92 Å². The zero-order valence-electron chi connectivity index (χ0n) is 17.1. The molecular weight excluding hydrogens is 393 g/mol. The molecule has 2 N–H and O–H groups in total. The fourth-order valence-corrected chi connectivity index (χ4v) is 3.69. The van der Waals surface area contributed by atoms with E-state index in [4.69, 9.17) is 0 Å². The lowest BCUT2D eigenvalue weighted by Crippen LogP contribution is -2.41. The van der Waals surface area contributed by atoms with Gasteiger partial charge in [-0.05, 0) is 73.5 Å². The van der Waals surface area contributed by atoms with Crippen LogP contribution in [-0.4, -0.2) is 29.8 Å². The van der Waals surface area contributed by atoms with Crippen LogP contribution in [0.25, 0.3) is 0 Å². The molecule has 5 nitrogen and oxygen atoms in total. The second-order valence-electron chi connectivity index (χ2n) is 7.63. The number of hydrogen-bond acceptors (Lipinski definition) is 3. The molecule has 158 valence electrons. The van der Waals surface area contributed by atoms with Gasteiger partial charge in [0.05, 0.1) is 0 Å². The van der Waals surface area contributed by atoms with Gasteiger partial charge in [0.2, 0.25) is 5.91 Å². The van der Waals surface area contributed by atoms with E-state index in [9.17, 15) is 14.0 Å². The van der Waals surface area contributed by atoms with E-state index in [1.807, 2.05) is 54.6 Å². The van der Waals surface area contributed by atoms with Crippen molar-refractivity contribution in [2.45, 2.75) is 12.8 Å². The van der Waals surface area contributed by atoms with E-state index in [2.05, 4.69) is 10.6 Å². The van der Waals surface area contributed by atoms with Crippen molar-refractivity contribution >= 4 is 28.9 Å². The van der Waals surface area contributed by atoms with Crippen LogP contribution in [0.5, 0.6) is 0 Å². The number of nitrogens with zero attached hydrogens (tertiary/aromatic N) is 1. The molecule has 3 aromatic carbocycles. The highest BCUT2D eigenvalue weighted by Crippen LogP contribution is 2.23. The van der Waals surface area contributed by atoms with Gasteiger partial charge in [0.15, 0.2) is 0 Å². The molecule has 0 saturated carbocycles. The predicted molar refractivity (Wildman–Crippen MR) is 120 cm³/mol. The number of nitrogens with one attached hydrogen (secondary N) is 2. The summed E-state index contributed by atoms with van der Waals surface area (Å²) in [6.45, 7) is 1.02. The van der Waals surface area contributed by atoms with Crippen molar-refractivity contribution in [3.8, 4) is 0 Å². The van der Waals surface area contributed by atoms with Crippen molar-refractivity contribution in [1.29, 1.82) is 0 Å². The average molecular weight is 417 g/mol. The van der Waals surface area contributed by atoms with Gasteiger partial charge in [-0.2, -0.15) is 0 Å². The van der Waals surface area contributed by atoms with E-state index in [1.54, 1.807) is 4.90 Å². The number of piperidine rings is 1. The number of carbonyl (C=O) groups is 2. The lowest BCUT2D eigenvalue weighted by Gasteiger charge is -2.31. The lowest BCUT2D eigenvalue weighted by molar-refractivity contribution is -0.121. The molecule has 0 unspecified atom stereocenters. The molecule has 1 aliphatic rings. The van der Waals surface area contributed by atoms with Gasteiger partial charge in [0.1, 0.15) is 5.82 Å². The van der Waals surface area contributed by atoms with Crippen LogP contribution < -0.4 is 10.6 Å². The molecule has 6 heteroatoms.